The lowest BCUT2D eigenvalue weighted by atomic mass is 9.95. The summed E-state index contributed by atoms with van der Waals surface area (Å²) in [7, 11) is 2.99. The quantitative estimate of drug-likeness (QED) is 0.616. The van der Waals surface area contributed by atoms with E-state index in [1.165, 1.54) is 26.4 Å². The van der Waals surface area contributed by atoms with Gasteiger partial charge in [-0.2, -0.15) is 13.2 Å². The van der Waals surface area contributed by atoms with E-state index < -0.39 is 17.8 Å². The molecule has 0 aliphatic heterocycles. The summed E-state index contributed by atoms with van der Waals surface area (Å²) in [5, 5.41) is 6.03. The van der Waals surface area contributed by atoms with Crippen molar-refractivity contribution in [3.05, 3.63) is 53.6 Å². The number of hydrogen-bond acceptors (Lipinski definition) is 4. The number of carbonyl (C=O) groups is 1. The minimum atomic E-state index is -4.47. The van der Waals surface area contributed by atoms with Crippen LogP contribution in [0.25, 0.3) is 0 Å². The van der Waals surface area contributed by atoms with E-state index >= 15 is 0 Å². The van der Waals surface area contributed by atoms with E-state index in [2.05, 4.69) is 10.6 Å². The summed E-state index contributed by atoms with van der Waals surface area (Å²) >= 11 is 0. The Balaban J connectivity index is 1.91. The van der Waals surface area contributed by atoms with E-state index in [0.29, 0.717) is 17.1 Å². The van der Waals surface area contributed by atoms with Crippen LogP contribution in [0.1, 0.15) is 49.3 Å². The lowest BCUT2D eigenvalue weighted by Crippen LogP contribution is -2.41. The molecule has 2 aromatic rings. The van der Waals surface area contributed by atoms with Crippen LogP contribution in [0.3, 0.4) is 0 Å². The number of ether oxygens (including phenoxy) is 2. The number of carbonyl (C=O) groups excluding carboxylic acids is 1. The molecule has 1 amide bonds. The van der Waals surface area contributed by atoms with Crippen LogP contribution in [0.4, 0.5) is 18.9 Å². The van der Waals surface area contributed by atoms with Gasteiger partial charge in [0.25, 0.3) is 0 Å². The predicted molar refractivity (Wildman–Crippen MR) is 112 cm³/mol. The highest BCUT2D eigenvalue weighted by molar-refractivity contribution is 5.86. The number of halogens is 3. The number of alkyl halides is 3. The molecule has 1 saturated carbocycles. The standard InChI is InChI=1S/C23H27F3N2O3/c1-30-19-12-11-15(13-20(19)31-2)21(22(29)28-17-8-4-3-5-9-17)27-18-10-6-7-16(14-18)23(24,25)26/h6-7,10-14,17,21,27H,3-5,8-9H2,1-2H3,(H,28,29). The molecule has 1 atom stereocenters. The van der Waals surface area contributed by atoms with Crippen molar-refractivity contribution in [2.24, 2.45) is 0 Å². The minimum Gasteiger partial charge on any atom is -0.493 e. The zero-order valence-electron chi connectivity index (χ0n) is 17.6. The highest BCUT2D eigenvalue weighted by Gasteiger charge is 2.31. The van der Waals surface area contributed by atoms with Gasteiger partial charge in [0.1, 0.15) is 6.04 Å². The Kier molecular flexibility index (Phi) is 7.30. The zero-order chi connectivity index (χ0) is 22.4. The van der Waals surface area contributed by atoms with Crippen LogP contribution >= 0.6 is 0 Å². The molecule has 5 nitrogen and oxygen atoms in total. The maximum Gasteiger partial charge on any atom is 0.416 e. The molecule has 8 heteroatoms. The SMILES string of the molecule is COc1ccc(C(Nc2cccc(C(F)(F)F)c2)C(=O)NC2CCCCC2)cc1OC. The van der Waals surface area contributed by atoms with Gasteiger partial charge in [-0.05, 0) is 48.7 Å². The highest BCUT2D eigenvalue weighted by atomic mass is 19.4. The molecule has 1 aliphatic carbocycles. The maximum absolute atomic E-state index is 13.2. The van der Waals surface area contributed by atoms with Crippen molar-refractivity contribution in [3.8, 4) is 11.5 Å². The first-order valence-electron chi connectivity index (χ1n) is 10.3. The van der Waals surface area contributed by atoms with Gasteiger partial charge in [0.05, 0.1) is 19.8 Å². The van der Waals surface area contributed by atoms with Crippen LogP contribution in [-0.4, -0.2) is 26.2 Å². The molecule has 31 heavy (non-hydrogen) atoms. The molecule has 3 rings (SSSR count). The number of amides is 1. The van der Waals surface area contributed by atoms with Crippen LogP contribution in [-0.2, 0) is 11.0 Å². The first kappa shape index (κ1) is 22.8. The summed E-state index contributed by atoms with van der Waals surface area (Å²) < 4.78 is 50.0. The van der Waals surface area contributed by atoms with Crippen molar-refractivity contribution in [1.82, 2.24) is 5.32 Å². The Hall–Kier alpha value is -2.90. The summed E-state index contributed by atoms with van der Waals surface area (Å²) in [6, 6.07) is 9.02. The summed E-state index contributed by atoms with van der Waals surface area (Å²) in [6.45, 7) is 0. The normalized spacial score (nSPS) is 15.8. The second kappa shape index (κ2) is 9.94. The van der Waals surface area contributed by atoms with E-state index in [0.717, 1.165) is 44.2 Å². The van der Waals surface area contributed by atoms with Crippen molar-refractivity contribution in [1.29, 1.82) is 0 Å². The van der Waals surface area contributed by atoms with Crippen molar-refractivity contribution >= 4 is 11.6 Å². The summed E-state index contributed by atoms with van der Waals surface area (Å²) in [6.07, 6.45) is 0.566. The van der Waals surface area contributed by atoms with Crippen molar-refractivity contribution in [2.45, 2.75) is 50.4 Å². The smallest absolute Gasteiger partial charge is 0.416 e. The van der Waals surface area contributed by atoms with Crippen LogP contribution in [0.5, 0.6) is 11.5 Å². The molecule has 2 aromatic carbocycles. The third-order valence-corrected chi connectivity index (χ3v) is 5.46. The van der Waals surface area contributed by atoms with Crippen LogP contribution in [0.2, 0.25) is 0 Å². The summed E-state index contributed by atoms with van der Waals surface area (Å²) in [4.78, 5) is 13.2. The fraction of sp³-hybridized carbons (Fsp3) is 0.435. The zero-order valence-corrected chi connectivity index (χ0v) is 17.6. The molecule has 0 saturated heterocycles. The van der Waals surface area contributed by atoms with Crippen LogP contribution < -0.4 is 20.1 Å². The molecule has 0 bridgehead atoms. The Morgan fingerprint density at radius 2 is 1.71 bits per heavy atom. The van der Waals surface area contributed by atoms with E-state index in [9.17, 15) is 18.0 Å². The largest absolute Gasteiger partial charge is 0.493 e. The fourth-order valence-electron chi connectivity index (χ4n) is 3.82. The number of nitrogens with one attached hydrogen (secondary N) is 2. The average molecular weight is 436 g/mol. The van der Waals surface area contributed by atoms with Gasteiger partial charge in [0.2, 0.25) is 5.91 Å². The second-order valence-corrected chi connectivity index (χ2v) is 7.61. The minimum absolute atomic E-state index is 0.0622. The molecule has 2 N–H and O–H groups in total. The van der Waals surface area contributed by atoms with Gasteiger partial charge in [0, 0.05) is 11.7 Å². The van der Waals surface area contributed by atoms with E-state index in [1.807, 2.05) is 0 Å². The van der Waals surface area contributed by atoms with Gasteiger partial charge in [-0.3, -0.25) is 4.79 Å². The lowest BCUT2D eigenvalue weighted by Gasteiger charge is -2.27. The number of hydrogen-bond donors (Lipinski definition) is 2. The Morgan fingerprint density at radius 1 is 1.00 bits per heavy atom. The molecule has 168 valence electrons. The lowest BCUT2D eigenvalue weighted by molar-refractivity contribution is -0.137. The van der Waals surface area contributed by atoms with Crippen molar-refractivity contribution < 1.29 is 27.4 Å². The number of anilines is 1. The third kappa shape index (κ3) is 5.83. The van der Waals surface area contributed by atoms with Gasteiger partial charge in [-0.1, -0.05) is 31.4 Å². The fourth-order valence-corrected chi connectivity index (χ4v) is 3.82. The second-order valence-electron chi connectivity index (χ2n) is 7.61. The Labute approximate surface area is 179 Å². The van der Waals surface area contributed by atoms with Crippen molar-refractivity contribution in [3.63, 3.8) is 0 Å². The molecule has 1 aliphatic rings. The Morgan fingerprint density at radius 3 is 2.35 bits per heavy atom. The average Bonchev–Trinajstić information content (AvgIpc) is 2.77. The van der Waals surface area contributed by atoms with Gasteiger partial charge in [-0.15, -0.1) is 0 Å². The van der Waals surface area contributed by atoms with Crippen LogP contribution in [0.15, 0.2) is 42.5 Å². The van der Waals surface area contributed by atoms with E-state index in [4.69, 9.17) is 9.47 Å². The van der Waals surface area contributed by atoms with Crippen LogP contribution in [0, 0.1) is 0 Å². The first-order chi connectivity index (χ1) is 14.8. The molecule has 1 unspecified atom stereocenters. The number of benzene rings is 2. The Bertz CT molecular complexity index is 896. The molecule has 0 spiro atoms. The van der Waals surface area contributed by atoms with Gasteiger partial charge >= 0.3 is 6.18 Å². The molecular weight excluding hydrogens is 409 g/mol. The number of methoxy groups -OCH3 is 2. The van der Waals surface area contributed by atoms with Crippen molar-refractivity contribution in [2.75, 3.05) is 19.5 Å². The summed E-state index contributed by atoms with van der Waals surface area (Å²) in [5.74, 6) is 0.634. The van der Waals surface area contributed by atoms with Gasteiger partial charge in [-0.25, -0.2) is 0 Å². The maximum atomic E-state index is 13.2. The molecule has 0 heterocycles. The number of rotatable bonds is 7. The predicted octanol–water partition coefficient (Wildman–Crippen LogP) is 5.32. The molecule has 1 fully saturated rings. The summed E-state index contributed by atoms with van der Waals surface area (Å²) in [5.41, 5.74) is -0.0203. The molecular formula is C23H27F3N2O3. The monoisotopic (exact) mass is 436 g/mol. The highest BCUT2D eigenvalue weighted by Crippen LogP contribution is 2.34. The first-order valence-corrected chi connectivity index (χ1v) is 10.3. The van der Waals surface area contributed by atoms with Gasteiger partial charge < -0.3 is 20.1 Å². The molecule has 0 radical (unpaired) electrons. The third-order valence-electron chi connectivity index (χ3n) is 5.46. The van der Waals surface area contributed by atoms with E-state index in [-0.39, 0.29) is 17.6 Å². The molecule has 0 aromatic heterocycles. The topological polar surface area (TPSA) is 59.6 Å². The van der Waals surface area contributed by atoms with E-state index in [1.54, 1.807) is 18.2 Å². The van der Waals surface area contributed by atoms with Gasteiger partial charge in [0.15, 0.2) is 11.5 Å².